The van der Waals surface area contributed by atoms with E-state index in [0.717, 1.165) is 18.4 Å². The Balaban J connectivity index is 1.46. The minimum Gasteiger partial charge on any atom is -0.357 e. The van der Waals surface area contributed by atoms with Gasteiger partial charge in [-0.25, -0.2) is 4.99 Å². The molecule has 7 heteroatoms. The fourth-order valence-electron chi connectivity index (χ4n) is 4.28. The first-order valence-corrected chi connectivity index (χ1v) is 11.5. The van der Waals surface area contributed by atoms with Crippen LogP contribution in [0, 0.1) is 5.92 Å². The summed E-state index contributed by atoms with van der Waals surface area (Å²) in [6.45, 7) is 13.2. The summed E-state index contributed by atoms with van der Waals surface area (Å²) in [7, 11) is 0. The lowest BCUT2D eigenvalue weighted by Crippen LogP contribution is -2.49. The van der Waals surface area contributed by atoms with E-state index in [1.807, 2.05) is 0 Å². The normalized spacial score (nSPS) is 20.8. The fraction of sp³-hybridized carbons (Fsp3) is 0.864. The second kappa shape index (κ2) is 10.4. The minimum atomic E-state index is -0.136. The van der Waals surface area contributed by atoms with Crippen LogP contribution in [0.3, 0.4) is 0 Å². The molecule has 2 fully saturated rings. The zero-order chi connectivity index (χ0) is 20.7. The summed E-state index contributed by atoms with van der Waals surface area (Å²) in [6.07, 6.45) is 9.52. The second-order valence-corrected chi connectivity index (χ2v) is 9.68. The van der Waals surface area contributed by atoms with Crippen LogP contribution >= 0.6 is 0 Å². The molecule has 1 aromatic heterocycles. The number of aliphatic imine (C=N–C) groups is 1. The maximum absolute atomic E-state index is 5.37. The summed E-state index contributed by atoms with van der Waals surface area (Å²) in [5.41, 5.74) is -0.136. The van der Waals surface area contributed by atoms with E-state index in [1.165, 1.54) is 64.6 Å². The van der Waals surface area contributed by atoms with Crippen molar-refractivity contribution in [3.63, 3.8) is 0 Å². The second-order valence-electron chi connectivity index (χ2n) is 9.68. The predicted molar refractivity (Wildman–Crippen MR) is 117 cm³/mol. The number of hydrogen-bond donors (Lipinski definition) is 2. The lowest BCUT2D eigenvalue weighted by atomic mass is 9.88. The van der Waals surface area contributed by atoms with Crippen molar-refractivity contribution < 1.29 is 4.52 Å². The van der Waals surface area contributed by atoms with E-state index in [0.29, 0.717) is 24.3 Å². The summed E-state index contributed by atoms with van der Waals surface area (Å²) in [5, 5.41) is 11.0. The molecule has 2 N–H and O–H groups in total. The van der Waals surface area contributed by atoms with Crippen LogP contribution in [-0.4, -0.2) is 53.2 Å². The smallest absolute Gasteiger partial charge is 0.232 e. The van der Waals surface area contributed by atoms with E-state index in [1.54, 1.807) is 0 Å². The lowest BCUT2D eigenvalue weighted by molar-refractivity contribution is 0.160. The van der Waals surface area contributed by atoms with Crippen molar-refractivity contribution in [2.75, 3.05) is 26.2 Å². The van der Waals surface area contributed by atoms with Gasteiger partial charge < -0.3 is 20.1 Å². The van der Waals surface area contributed by atoms with Crippen LogP contribution in [0.4, 0.5) is 0 Å². The SMILES string of the molecule is CCNC(=NCc1noc(C(C)(C)C)n1)NC1CCN(CC2CCCCC2)CC1. The molecule has 3 rings (SSSR count). The molecule has 164 valence electrons. The number of nitrogens with zero attached hydrogens (tertiary/aromatic N) is 4. The van der Waals surface area contributed by atoms with Crippen LogP contribution in [-0.2, 0) is 12.0 Å². The Morgan fingerprint density at radius 3 is 2.48 bits per heavy atom. The van der Waals surface area contributed by atoms with Gasteiger partial charge in [0.05, 0.1) is 0 Å². The molecular formula is C22H40N6O. The van der Waals surface area contributed by atoms with Crippen molar-refractivity contribution in [2.24, 2.45) is 10.9 Å². The molecule has 0 spiro atoms. The molecule has 29 heavy (non-hydrogen) atoms. The molecule has 2 heterocycles. The molecule has 0 bridgehead atoms. The zero-order valence-electron chi connectivity index (χ0n) is 18.8. The third kappa shape index (κ3) is 6.98. The predicted octanol–water partition coefficient (Wildman–Crippen LogP) is 3.47. The van der Waals surface area contributed by atoms with Gasteiger partial charge >= 0.3 is 0 Å². The Morgan fingerprint density at radius 2 is 1.86 bits per heavy atom. The number of nitrogens with one attached hydrogen (secondary N) is 2. The highest BCUT2D eigenvalue weighted by Crippen LogP contribution is 2.25. The summed E-state index contributed by atoms with van der Waals surface area (Å²) < 4.78 is 5.37. The zero-order valence-corrected chi connectivity index (χ0v) is 18.8. The lowest BCUT2D eigenvalue weighted by Gasteiger charge is -2.36. The Hall–Kier alpha value is -1.63. The van der Waals surface area contributed by atoms with Crippen LogP contribution in [0.25, 0.3) is 0 Å². The first kappa shape index (κ1) is 22.1. The fourth-order valence-corrected chi connectivity index (χ4v) is 4.28. The van der Waals surface area contributed by atoms with Gasteiger partial charge in [-0.1, -0.05) is 45.2 Å². The van der Waals surface area contributed by atoms with E-state index < -0.39 is 0 Å². The molecule has 0 aromatic carbocycles. The summed E-state index contributed by atoms with van der Waals surface area (Å²) in [5.74, 6) is 3.07. The van der Waals surface area contributed by atoms with Crippen molar-refractivity contribution >= 4 is 5.96 Å². The van der Waals surface area contributed by atoms with E-state index in [2.05, 4.69) is 58.4 Å². The Bertz CT molecular complexity index is 636. The molecular weight excluding hydrogens is 364 g/mol. The molecule has 1 aromatic rings. The molecule has 1 aliphatic heterocycles. The highest BCUT2D eigenvalue weighted by molar-refractivity contribution is 5.80. The Morgan fingerprint density at radius 1 is 1.14 bits per heavy atom. The molecule has 1 aliphatic carbocycles. The number of likely N-dealkylation sites (tertiary alicyclic amines) is 1. The molecule has 0 unspecified atom stereocenters. The minimum absolute atomic E-state index is 0.136. The van der Waals surface area contributed by atoms with Gasteiger partial charge in [0.15, 0.2) is 11.8 Å². The molecule has 0 amide bonds. The van der Waals surface area contributed by atoms with E-state index in [4.69, 9.17) is 4.52 Å². The van der Waals surface area contributed by atoms with Gasteiger partial charge in [0.2, 0.25) is 5.89 Å². The van der Waals surface area contributed by atoms with Crippen LogP contribution in [0.1, 0.15) is 84.4 Å². The van der Waals surface area contributed by atoms with Crippen molar-refractivity contribution in [3.05, 3.63) is 11.7 Å². The summed E-state index contributed by atoms with van der Waals surface area (Å²) >= 11 is 0. The topological polar surface area (TPSA) is 78.6 Å². The van der Waals surface area contributed by atoms with E-state index in [9.17, 15) is 0 Å². The van der Waals surface area contributed by atoms with Crippen LogP contribution in [0.15, 0.2) is 9.52 Å². The monoisotopic (exact) mass is 404 g/mol. The third-order valence-corrected chi connectivity index (χ3v) is 6.00. The summed E-state index contributed by atoms with van der Waals surface area (Å²) in [6, 6.07) is 0.478. The average molecular weight is 405 g/mol. The van der Waals surface area contributed by atoms with Crippen molar-refractivity contribution in [1.29, 1.82) is 0 Å². The molecule has 1 saturated heterocycles. The first-order valence-electron chi connectivity index (χ1n) is 11.5. The first-order chi connectivity index (χ1) is 13.9. The molecule has 7 nitrogen and oxygen atoms in total. The van der Waals surface area contributed by atoms with Crippen molar-refractivity contribution in [2.45, 2.75) is 90.6 Å². The number of rotatable bonds is 6. The Labute approximate surface area is 176 Å². The highest BCUT2D eigenvalue weighted by Gasteiger charge is 2.24. The maximum atomic E-state index is 5.37. The quantitative estimate of drug-likeness (QED) is 0.558. The average Bonchev–Trinajstić information content (AvgIpc) is 3.18. The van der Waals surface area contributed by atoms with E-state index >= 15 is 0 Å². The molecule has 1 saturated carbocycles. The van der Waals surface area contributed by atoms with Gasteiger partial charge in [-0.3, -0.25) is 0 Å². The maximum Gasteiger partial charge on any atom is 0.232 e. The molecule has 2 aliphatic rings. The third-order valence-electron chi connectivity index (χ3n) is 6.00. The van der Waals surface area contributed by atoms with Crippen LogP contribution in [0.2, 0.25) is 0 Å². The highest BCUT2D eigenvalue weighted by atomic mass is 16.5. The Kier molecular flexibility index (Phi) is 7.92. The van der Waals surface area contributed by atoms with Crippen LogP contribution < -0.4 is 10.6 Å². The van der Waals surface area contributed by atoms with Gasteiger partial charge in [-0.15, -0.1) is 0 Å². The standard InChI is InChI=1S/C22H40N6O/c1-5-23-21(24-15-19-26-20(29-27-19)22(2,3)4)25-18-11-13-28(14-12-18)16-17-9-7-6-8-10-17/h17-18H,5-16H2,1-4H3,(H2,23,24,25). The van der Waals surface area contributed by atoms with Crippen LogP contribution in [0.5, 0.6) is 0 Å². The summed E-state index contributed by atoms with van der Waals surface area (Å²) in [4.78, 5) is 11.8. The van der Waals surface area contributed by atoms with Crippen molar-refractivity contribution in [1.82, 2.24) is 25.7 Å². The van der Waals surface area contributed by atoms with Gasteiger partial charge in [-0.2, -0.15) is 4.98 Å². The van der Waals surface area contributed by atoms with Gasteiger partial charge in [0.25, 0.3) is 0 Å². The number of piperidine rings is 1. The van der Waals surface area contributed by atoms with E-state index in [-0.39, 0.29) is 5.41 Å². The van der Waals surface area contributed by atoms with Gasteiger partial charge in [0.1, 0.15) is 6.54 Å². The van der Waals surface area contributed by atoms with Gasteiger partial charge in [0, 0.05) is 37.6 Å². The van der Waals surface area contributed by atoms with Gasteiger partial charge in [-0.05, 0) is 38.5 Å². The molecule has 0 atom stereocenters. The van der Waals surface area contributed by atoms with Crippen molar-refractivity contribution in [3.8, 4) is 0 Å². The number of aromatic nitrogens is 2. The largest absolute Gasteiger partial charge is 0.357 e. The molecule has 0 radical (unpaired) electrons. The number of hydrogen-bond acceptors (Lipinski definition) is 5. The number of guanidine groups is 1.